The van der Waals surface area contributed by atoms with E-state index < -0.39 is 24.5 Å². The topological polar surface area (TPSA) is 116 Å². The normalized spacial score (nSPS) is 20.2. The molecule has 10 nitrogen and oxygen atoms in total. The number of benzene rings is 1. The van der Waals surface area contributed by atoms with Crippen molar-refractivity contribution >= 4 is 47.3 Å². The third kappa shape index (κ3) is 6.47. The summed E-state index contributed by atoms with van der Waals surface area (Å²) in [5, 5.41) is 2.77. The molecule has 0 spiro atoms. The highest BCUT2D eigenvalue weighted by molar-refractivity contribution is 6.30. The standard InChI is InChI=1S/C22H25ClN4O6/c1-14(25-9-18(28)24-19(29)10-25)15(2)26-11-20(30)27(21(31)12-26)13-33-22(32)7-6-16-4-3-5-17(23)8-16/h3-8,14-15H,9-13H2,1-2H3,(H,24,28,29)/b7-6+. The number of imide groups is 2. The van der Waals surface area contributed by atoms with Gasteiger partial charge in [0.1, 0.15) is 0 Å². The minimum absolute atomic E-state index is 0.0544. The predicted octanol–water partition coefficient (Wildman–Crippen LogP) is 0.260. The predicted molar refractivity (Wildman–Crippen MR) is 119 cm³/mol. The van der Waals surface area contributed by atoms with E-state index in [2.05, 4.69) is 5.32 Å². The van der Waals surface area contributed by atoms with E-state index in [0.717, 1.165) is 4.90 Å². The summed E-state index contributed by atoms with van der Waals surface area (Å²) >= 11 is 5.89. The smallest absolute Gasteiger partial charge is 0.332 e. The molecule has 2 unspecified atom stereocenters. The zero-order valence-corrected chi connectivity index (χ0v) is 19.1. The van der Waals surface area contributed by atoms with E-state index in [1.165, 1.54) is 12.2 Å². The van der Waals surface area contributed by atoms with Crippen LogP contribution in [0.3, 0.4) is 0 Å². The Morgan fingerprint density at radius 1 is 1.03 bits per heavy atom. The molecule has 1 aromatic carbocycles. The molecule has 176 valence electrons. The number of esters is 1. The first-order valence-electron chi connectivity index (χ1n) is 10.4. The lowest BCUT2D eigenvalue weighted by molar-refractivity contribution is -0.163. The molecular weight excluding hydrogens is 452 g/mol. The van der Waals surface area contributed by atoms with Gasteiger partial charge in [-0.3, -0.25) is 34.3 Å². The van der Waals surface area contributed by atoms with Gasteiger partial charge in [-0.2, -0.15) is 0 Å². The minimum Gasteiger partial charge on any atom is -0.441 e. The second-order valence-electron chi connectivity index (χ2n) is 7.96. The van der Waals surface area contributed by atoms with Gasteiger partial charge in [-0.05, 0) is 37.6 Å². The van der Waals surface area contributed by atoms with Crippen molar-refractivity contribution in [2.75, 3.05) is 32.9 Å². The fourth-order valence-corrected chi connectivity index (χ4v) is 3.85. The molecule has 0 aromatic heterocycles. The maximum atomic E-state index is 12.6. The Kier molecular flexibility index (Phi) is 7.96. The Balaban J connectivity index is 1.52. The largest absolute Gasteiger partial charge is 0.441 e. The van der Waals surface area contributed by atoms with Crippen molar-refractivity contribution in [3.8, 4) is 0 Å². The minimum atomic E-state index is -0.701. The number of nitrogens with one attached hydrogen (secondary N) is 1. The summed E-state index contributed by atoms with van der Waals surface area (Å²) in [5.74, 6) is -2.45. The van der Waals surface area contributed by atoms with E-state index in [0.29, 0.717) is 10.6 Å². The average Bonchev–Trinajstić information content (AvgIpc) is 2.75. The van der Waals surface area contributed by atoms with Crippen LogP contribution in [0.15, 0.2) is 30.3 Å². The molecule has 4 amide bonds. The van der Waals surface area contributed by atoms with Crippen LogP contribution in [0.5, 0.6) is 0 Å². The number of rotatable bonds is 7. The molecule has 2 saturated heterocycles. The number of piperazine rings is 2. The summed E-state index contributed by atoms with van der Waals surface area (Å²) in [6.45, 7) is 3.22. The van der Waals surface area contributed by atoms with Gasteiger partial charge >= 0.3 is 5.97 Å². The Morgan fingerprint density at radius 2 is 1.61 bits per heavy atom. The molecule has 0 radical (unpaired) electrons. The van der Waals surface area contributed by atoms with Crippen molar-refractivity contribution < 1.29 is 28.7 Å². The summed E-state index contributed by atoms with van der Waals surface area (Å²) in [4.78, 5) is 64.7. The van der Waals surface area contributed by atoms with Gasteiger partial charge in [-0.1, -0.05) is 23.7 Å². The summed E-state index contributed by atoms with van der Waals surface area (Å²) in [7, 11) is 0. The monoisotopic (exact) mass is 476 g/mol. The summed E-state index contributed by atoms with van der Waals surface area (Å²) in [6, 6.07) is 6.36. The van der Waals surface area contributed by atoms with Crippen LogP contribution in [0, 0.1) is 0 Å². The molecule has 2 heterocycles. The first kappa shape index (κ1) is 24.6. The van der Waals surface area contributed by atoms with Crippen molar-refractivity contribution in [3.63, 3.8) is 0 Å². The molecule has 0 saturated carbocycles. The Hall–Kier alpha value is -3.08. The number of halogens is 1. The molecule has 2 atom stereocenters. The molecular formula is C22H25ClN4O6. The molecule has 0 bridgehead atoms. The third-order valence-electron chi connectivity index (χ3n) is 5.70. The SMILES string of the molecule is CC(C(C)N1CC(=O)N(COC(=O)/C=C/c2cccc(Cl)c2)C(=O)C1)N1CC(=O)NC(=O)C1. The number of hydrogen-bond donors (Lipinski definition) is 1. The lowest BCUT2D eigenvalue weighted by Crippen LogP contribution is -2.62. The van der Waals surface area contributed by atoms with Crippen LogP contribution in [-0.2, 0) is 28.7 Å². The highest BCUT2D eigenvalue weighted by Crippen LogP contribution is 2.16. The van der Waals surface area contributed by atoms with Crippen LogP contribution in [0.4, 0.5) is 0 Å². The van der Waals surface area contributed by atoms with Crippen molar-refractivity contribution in [2.45, 2.75) is 25.9 Å². The van der Waals surface area contributed by atoms with Gasteiger partial charge in [-0.25, -0.2) is 9.69 Å². The summed E-state index contributed by atoms with van der Waals surface area (Å²) in [6.07, 6.45) is 2.71. The molecule has 3 rings (SSSR count). The number of nitrogens with zero attached hydrogens (tertiary/aromatic N) is 3. The number of amides is 4. The molecule has 2 fully saturated rings. The molecule has 2 aliphatic rings. The van der Waals surface area contributed by atoms with Crippen LogP contribution in [0.25, 0.3) is 6.08 Å². The fraction of sp³-hybridized carbons (Fsp3) is 0.409. The highest BCUT2D eigenvalue weighted by atomic mass is 35.5. The lowest BCUT2D eigenvalue weighted by atomic mass is 10.1. The molecule has 1 aromatic rings. The summed E-state index contributed by atoms with van der Waals surface area (Å²) in [5.41, 5.74) is 0.705. The third-order valence-corrected chi connectivity index (χ3v) is 5.93. The van der Waals surface area contributed by atoms with E-state index in [1.54, 1.807) is 34.1 Å². The molecule has 2 aliphatic heterocycles. The van der Waals surface area contributed by atoms with Crippen molar-refractivity contribution in [2.24, 2.45) is 0 Å². The fourth-order valence-electron chi connectivity index (χ4n) is 3.65. The highest BCUT2D eigenvalue weighted by Gasteiger charge is 2.37. The first-order chi connectivity index (χ1) is 15.6. The van der Waals surface area contributed by atoms with Crippen LogP contribution < -0.4 is 5.32 Å². The number of ether oxygens (including phenoxy) is 1. The molecule has 0 aliphatic carbocycles. The van der Waals surface area contributed by atoms with Gasteiger partial charge in [-0.15, -0.1) is 0 Å². The second kappa shape index (κ2) is 10.7. The zero-order chi connectivity index (χ0) is 24.1. The Bertz CT molecular complexity index is 963. The van der Waals surface area contributed by atoms with Crippen LogP contribution >= 0.6 is 11.6 Å². The molecule has 11 heteroatoms. The van der Waals surface area contributed by atoms with Gasteiger partial charge in [0.05, 0.1) is 26.2 Å². The lowest BCUT2D eigenvalue weighted by Gasteiger charge is -2.41. The molecule has 33 heavy (non-hydrogen) atoms. The van der Waals surface area contributed by atoms with Gasteiger partial charge in [0.15, 0.2) is 6.73 Å². The van der Waals surface area contributed by atoms with Crippen LogP contribution in [0.2, 0.25) is 5.02 Å². The maximum absolute atomic E-state index is 12.6. The van der Waals surface area contributed by atoms with Crippen molar-refractivity contribution in [3.05, 3.63) is 40.9 Å². The van der Waals surface area contributed by atoms with Crippen LogP contribution in [0.1, 0.15) is 19.4 Å². The average molecular weight is 477 g/mol. The first-order valence-corrected chi connectivity index (χ1v) is 10.8. The van der Waals surface area contributed by atoms with Crippen molar-refractivity contribution in [1.29, 1.82) is 0 Å². The van der Waals surface area contributed by atoms with Crippen molar-refractivity contribution in [1.82, 2.24) is 20.0 Å². The van der Waals surface area contributed by atoms with E-state index in [-0.39, 0.29) is 50.1 Å². The van der Waals surface area contributed by atoms with Gasteiger partial charge in [0.25, 0.3) is 0 Å². The number of carbonyl (C=O) groups is 5. The molecule has 1 N–H and O–H groups in total. The number of carbonyl (C=O) groups excluding carboxylic acids is 5. The Labute approximate surface area is 196 Å². The summed E-state index contributed by atoms with van der Waals surface area (Å²) < 4.78 is 5.05. The van der Waals surface area contributed by atoms with E-state index >= 15 is 0 Å². The van der Waals surface area contributed by atoms with Crippen LogP contribution in [-0.4, -0.2) is 89.3 Å². The van der Waals surface area contributed by atoms with Gasteiger partial charge < -0.3 is 4.74 Å². The quantitative estimate of drug-likeness (QED) is 0.338. The zero-order valence-electron chi connectivity index (χ0n) is 18.3. The second-order valence-corrected chi connectivity index (χ2v) is 8.40. The Morgan fingerprint density at radius 3 is 2.18 bits per heavy atom. The van der Waals surface area contributed by atoms with E-state index in [9.17, 15) is 24.0 Å². The van der Waals surface area contributed by atoms with Gasteiger partial charge in [0, 0.05) is 23.2 Å². The maximum Gasteiger partial charge on any atom is 0.332 e. The van der Waals surface area contributed by atoms with E-state index in [4.69, 9.17) is 16.3 Å². The number of hydrogen-bond acceptors (Lipinski definition) is 8. The van der Waals surface area contributed by atoms with Gasteiger partial charge in [0.2, 0.25) is 23.6 Å². The van der Waals surface area contributed by atoms with E-state index in [1.807, 2.05) is 13.8 Å².